The molecule has 0 aliphatic carbocycles. The summed E-state index contributed by atoms with van der Waals surface area (Å²) < 4.78 is 0. The van der Waals surface area contributed by atoms with Crippen LogP contribution in [0.25, 0.3) is 0 Å². The summed E-state index contributed by atoms with van der Waals surface area (Å²) >= 11 is 0. The van der Waals surface area contributed by atoms with Crippen LogP contribution in [-0.4, -0.2) is 8.41 Å². The molecule has 0 heterocycles. The molecule has 1 nitrogen and oxygen atoms in total. The first-order chi connectivity index (χ1) is 0. The third-order valence-electron chi connectivity index (χ3n) is 0. The zero-order valence-electron chi connectivity index (χ0n) is 1.78. The molecule has 0 saturated carbocycles. The van der Waals surface area contributed by atoms with Crippen LogP contribution in [0.1, 0.15) is 0 Å². The van der Waals surface area contributed by atoms with Crippen LogP contribution in [0.5, 0.6) is 0 Å². The Morgan fingerprint density at radius 3 is 1.00 bits per heavy atom. The summed E-state index contributed by atoms with van der Waals surface area (Å²) in [5.41, 5.74) is 0. The van der Waals surface area contributed by atoms with Crippen molar-refractivity contribution in [1.82, 2.24) is 6.15 Å². The third-order valence-corrected chi connectivity index (χ3v) is 0. The van der Waals surface area contributed by atoms with E-state index in [1.165, 1.54) is 0 Å². The second kappa shape index (κ2) is 21.1. The first-order valence-electron chi connectivity index (χ1n) is 0. The van der Waals surface area contributed by atoms with Gasteiger partial charge in [0.15, 0.2) is 0 Å². The smallest absolute Gasteiger partial charge is 0.0814 e. The van der Waals surface area contributed by atoms with Gasteiger partial charge in [-0.25, -0.2) is 0 Å². The monoisotopic (exact) mass is 168 g/mol. The molecule has 0 aromatic heterocycles. The van der Waals surface area contributed by atoms with Gasteiger partial charge >= 0.3 is 0 Å². The minimum atomic E-state index is 0. The quantitative estimate of drug-likeness (QED) is 0.461. The van der Waals surface area contributed by atoms with E-state index in [-0.39, 0.29) is 69.0 Å². The molecular weight excluding hydrogens is 162 g/mol. The number of hydrogen-bond acceptors (Lipinski definition) is 1. The van der Waals surface area contributed by atoms with Crippen molar-refractivity contribution in [2.75, 3.05) is 0 Å². The van der Waals surface area contributed by atoms with E-state index in [2.05, 4.69) is 0 Å². The van der Waals surface area contributed by atoms with E-state index >= 15 is 0 Å². The van der Waals surface area contributed by atoms with Gasteiger partial charge in [0.1, 0.15) is 0 Å². The molecule has 0 fully saturated rings. The van der Waals surface area contributed by atoms with Crippen LogP contribution in [0.15, 0.2) is 0 Å². The summed E-state index contributed by atoms with van der Waals surface area (Å²) in [4.78, 5) is 0. The molecule has 0 aromatic rings. The van der Waals surface area contributed by atoms with Gasteiger partial charge in [0.25, 0.3) is 0 Å². The van der Waals surface area contributed by atoms with Crippen molar-refractivity contribution in [1.29, 1.82) is 0 Å². The first-order valence-corrected chi connectivity index (χ1v) is 0. The molecule has 0 saturated heterocycles. The molecule has 0 aromatic carbocycles. The van der Waals surface area contributed by atoms with Crippen molar-refractivity contribution in [3.8, 4) is 0 Å². The third kappa shape index (κ3) is 9.14. The van der Waals surface area contributed by atoms with Gasteiger partial charge in [-0.3, -0.25) is 0 Å². The second-order valence-corrected chi connectivity index (χ2v) is 0. The summed E-state index contributed by atoms with van der Waals surface area (Å²) in [7, 11) is 0. The van der Waals surface area contributed by atoms with Gasteiger partial charge in [0.05, 0.1) is 8.41 Å². The van der Waals surface area contributed by atoms with Crippen LogP contribution < -0.4 is 6.15 Å². The fourth-order valence-electron chi connectivity index (χ4n) is 0. The van der Waals surface area contributed by atoms with Gasteiger partial charge in [-0.15, -0.1) is 0 Å². The first kappa shape index (κ1) is 40.3. The van der Waals surface area contributed by atoms with E-state index in [9.17, 15) is 0 Å². The molecule has 21 valence electrons. The van der Waals surface area contributed by atoms with Crippen molar-refractivity contribution in [2.24, 2.45) is 0 Å². The summed E-state index contributed by atoms with van der Waals surface area (Å²) in [5, 5.41) is 0. The van der Waals surface area contributed by atoms with Crippen LogP contribution >= 0.6 is 0 Å². The maximum absolute atomic E-state index is 0. The van der Waals surface area contributed by atoms with Gasteiger partial charge in [-0.2, -0.15) is 0 Å². The Kier molecular flexibility index (Phi) is 212. The zero-order chi connectivity index (χ0) is 0. The van der Waals surface area contributed by atoms with Crippen molar-refractivity contribution in [3.63, 3.8) is 0 Å². The molecule has 0 atom stereocenters. The van der Waals surface area contributed by atoms with E-state index in [0.717, 1.165) is 0 Å². The Labute approximate surface area is 68.2 Å². The fourth-order valence-corrected chi connectivity index (χ4v) is 0. The van der Waals surface area contributed by atoms with Crippen molar-refractivity contribution < 1.29 is 54.4 Å². The molecule has 4 heavy (non-hydrogen) atoms. The standard InChI is InChI=1S/BH3.H3N.Ti.Y/h2*1H3;;. The molecule has 4 heteroatoms. The van der Waals surface area contributed by atoms with Crippen LogP contribution in [0.4, 0.5) is 0 Å². The molecule has 0 aliphatic rings. The molecule has 0 rings (SSSR count). The second-order valence-electron chi connectivity index (χ2n) is 0. The van der Waals surface area contributed by atoms with Crippen molar-refractivity contribution in [2.45, 2.75) is 0 Å². The van der Waals surface area contributed by atoms with Gasteiger partial charge in [-0.05, 0) is 0 Å². The Morgan fingerprint density at radius 1 is 1.00 bits per heavy atom. The molecule has 0 bridgehead atoms. The van der Waals surface area contributed by atoms with Crippen LogP contribution in [0, 0.1) is 0 Å². The molecule has 0 spiro atoms. The molecule has 3 N–H and O–H groups in total. The normalized spacial score (nSPS) is 0. The number of rotatable bonds is 0. The Morgan fingerprint density at radius 2 is 1.00 bits per heavy atom. The predicted octanol–water partition coefficient (Wildman–Crippen LogP) is -1.03. The van der Waals surface area contributed by atoms with E-state index < -0.39 is 0 Å². The molecule has 1 radical (unpaired) electrons. The summed E-state index contributed by atoms with van der Waals surface area (Å²) in [5.74, 6) is 0. The molecule has 0 amide bonds. The maximum atomic E-state index is 0. The minimum absolute atomic E-state index is 0. The molecule has 0 aliphatic heterocycles. The van der Waals surface area contributed by atoms with E-state index in [1.54, 1.807) is 0 Å². The number of hydrogen-bond donors (Lipinski definition) is 1. The van der Waals surface area contributed by atoms with Gasteiger partial charge < -0.3 is 6.15 Å². The summed E-state index contributed by atoms with van der Waals surface area (Å²) in [6, 6.07) is 0. The van der Waals surface area contributed by atoms with E-state index in [1.807, 2.05) is 0 Å². The van der Waals surface area contributed by atoms with Crippen LogP contribution in [-0.2, 0) is 54.4 Å². The fraction of sp³-hybridized carbons (Fsp3) is 0. The van der Waals surface area contributed by atoms with E-state index in [0.29, 0.717) is 0 Å². The molecule has 0 unspecified atom stereocenters. The minimum Gasteiger partial charge on any atom is -0.344 e. The van der Waals surface area contributed by atoms with Crippen LogP contribution in [0.2, 0.25) is 0 Å². The topological polar surface area (TPSA) is 35.0 Å². The Hall–Kier alpha value is 1.84. The zero-order valence-corrected chi connectivity index (χ0v) is 6.18. The average molecular weight is 168 g/mol. The Bertz CT molecular complexity index is 8.00. The predicted molar refractivity (Wildman–Crippen MR) is 15.0 cm³/mol. The Balaban J connectivity index is 0. The van der Waals surface area contributed by atoms with E-state index in [4.69, 9.17) is 0 Å². The summed E-state index contributed by atoms with van der Waals surface area (Å²) in [6.45, 7) is 0. The van der Waals surface area contributed by atoms with Gasteiger partial charge in [0.2, 0.25) is 0 Å². The van der Waals surface area contributed by atoms with Crippen molar-refractivity contribution >= 4 is 8.41 Å². The van der Waals surface area contributed by atoms with Crippen LogP contribution in [0.3, 0.4) is 0 Å². The van der Waals surface area contributed by atoms with Crippen molar-refractivity contribution in [3.05, 3.63) is 0 Å². The average Bonchev–Trinajstić information content (AvgIpc) is 0. The van der Waals surface area contributed by atoms with Gasteiger partial charge in [-0.1, -0.05) is 0 Å². The largest absolute Gasteiger partial charge is 0.344 e. The summed E-state index contributed by atoms with van der Waals surface area (Å²) in [6.07, 6.45) is 0. The van der Waals surface area contributed by atoms with Gasteiger partial charge in [0, 0.05) is 54.4 Å². The maximum Gasteiger partial charge on any atom is 0.0814 e. The molecular formula is H6BNTiY. The SMILES string of the molecule is B.N.[Ti].[Y].